The molecule has 1 aromatic carbocycles. The number of ether oxygens (including phenoxy) is 2. The smallest absolute Gasteiger partial charge is 0.337 e. The molecule has 0 amide bonds. The van der Waals surface area contributed by atoms with Crippen molar-refractivity contribution in [2.45, 2.75) is 4.90 Å². The maximum atomic E-state index is 11.5. The predicted molar refractivity (Wildman–Crippen MR) is 52.6 cm³/mol. The van der Waals surface area contributed by atoms with E-state index < -0.39 is 15.8 Å². The molecule has 0 unspecified atom stereocenters. The van der Waals surface area contributed by atoms with E-state index in [1.807, 2.05) is 0 Å². The molecule has 1 aliphatic heterocycles. The fourth-order valence-corrected chi connectivity index (χ4v) is 2.53. The Hall–Kier alpha value is -1.76. The van der Waals surface area contributed by atoms with Gasteiger partial charge in [0.05, 0.1) is 5.56 Å². The van der Waals surface area contributed by atoms with Crippen LogP contribution in [0.3, 0.4) is 0 Å². The first kappa shape index (κ1) is 10.7. The van der Waals surface area contributed by atoms with E-state index in [1.54, 1.807) is 0 Å². The standard InChI is InChI=1S/C9H8O6S/c1-16(12,13)8-5(9(10)11)2-3-6-7(8)15-4-14-6/h2-3H,4H2,1H3,(H,10,11). The van der Waals surface area contributed by atoms with E-state index in [0.717, 1.165) is 6.26 Å². The number of carboxylic acids is 1. The van der Waals surface area contributed by atoms with Crippen molar-refractivity contribution in [1.29, 1.82) is 0 Å². The Kier molecular flexibility index (Phi) is 2.27. The van der Waals surface area contributed by atoms with Gasteiger partial charge in [0.15, 0.2) is 21.3 Å². The first-order chi connectivity index (χ1) is 7.41. The highest BCUT2D eigenvalue weighted by Gasteiger charge is 2.29. The summed E-state index contributed by atoms with van der Waals surface area (Å²) in [5.41, 5.74) is -0.313. The van der Waals surface area contributed by atoms with Gasteiger partial charge in [-0.15, -0.1) is 0 Å². The van der Waals surface area contributed by atoms with E-state index >= 15 is 0 Å². The highest BCUT2D eigenvalue weighted by molar-refractivity contribution is 7.91. The Labute approximate surface area is 91.3 Å². The van der Waals surface area contributed by atoms with Crippen molar-refractivity contribution in [2.75, 3.05) is 13.0 Å². The van der Waals surface area contributed by atoms with Gasteiger partial charge in [-0.2, -0.15) is 0 Å². The van der Waals surface area contributed by atoms with Crippen LogP contribution in [0, 0.1) is 0 Å². The fraction of sp³-hybridized carbons (Fsp3) is 0.222. The molecule has 0 aliphatic carbocycles. The number of carbonyl (C=O) groups is 1. The molecule has 1 aromatic rings. The lowest BCUT2D eigenvalue weighted by molar-refractivity contribution is 0.0691. The minimum Gasteiger partial charge on any atom is -0.478 e. The molecule has 0 bridgehead atoms. The molecular weight excluding hydrogens is 236 g/mol. The van der Waals surface area contributed by atoms with Crippen LogP contribution in [0.4, 0.5) is 0 Å². The van der Waals surface area contributed by atoms with Crippen LogP contribution < -0.4 is 9.47 Å². The highest BCUT2D eigenvalue weighted by atomic mass is 32.2. The lowest BCUT2D eigenvalue weighted by Crippen LogP contribution is -2.08. The van der Waals surface area contributed by atoms with Crippen molar-refractivity contribution < 1.29 is 27.8 Å². The van der Waals surface area contributed by atoms with Gasteiger partial charge in [-0.25, -0.2) is 13.2 Å². The Morgan fingerprint density at radius 1 is 1.38 bits per heavy atom. The number of aromatic carboxylic acids is 1. The summed E-state index contributed by atoms with van der Waals surface area (Å²) in [5, 5.41) is 8.90. The quantitative estimate of drug-likeness (QED) is 0.815. The lowest BCUT2D eigenvalue weighted by atomic mass is 10.2. The van der Waals surface area contributed by atoms with Crippen molar-refractivity contribution in [2.24, 2.45) is 0 Å². The molecule has 7 heteroatoms. The average molecular weight is 244 g/mol. The zero-order chi connectivity index (χ0) is 11.9. The van der Waals surface area contributed by atoms with E-state index in [-0.39, 0.29) is 28.8 Å². The molecular formula is C9H8O6S. The summed E-state index contributed by atoms with van der Waals surface area (Å²) in [5.74, 6) is -1.11. The molecule has 86 valence electrons. The van der Waals surface area contributed by atoms with Crippen LogP contribution in [0.2, 0.25) is 0 Å². The van der Waals surface area contributed by atoms with Crippen LogP contribution in [-0.2, 0) is 9.84 Å². The van der Waals surface area contributed by atoms with Crippen molar-refractivity contribution in [3.8, 4) is 11.5 Å². The second-order valence-electron chi connectivity index (χ2n) is 3.25. The molecule has 16 heavy (non-hydrogen) atoms. The van der Waals surface area contributed by atoms with Gasteiger partial charge < -0.3 is 14.6 Å². The third-order valence-electron chi connectivity index (χ3n) is 2.09. The van der Waals surface area contributed by atoms with Crippen LogP contribution in [0.15, 0.2) is 17.0 Å². The van der Waals surface area contributed by atoms with Crippen LogP contribution in [0.5, 0.6) is 11.5 Å². The zero-order valence-electron chi connectivity index (χ0n) is 8.26. The molecule has 1 aliphatic rings. The number of hydrogen-bond acceptors (Lipinski definition) is 5. The van der Waals surface area contributed by atoms with Crippen LogP contribution >= 0.6 is 0 Å². The van der Waals surface area contributed by atoms with E-state index in [2.05, 4.69) is 0 Å². The number of hydrogen-bond donors (Lipinski definition) is 1. The first-order valence-electron chi connectivity index (χ1n) is 4.27. The van der Waals surface area contributed by atoms with Gasteiger partial charge in [0.1, 0.15) is 4.90 Å². The normalized spacial score (nSPS) is 13.8. The summed E-state index contributed by atoms with van der Waals surface area (Å²) < 4.78 is 33.0. The Morgan fingerprint density at radius 3 is 2.62 bits per heavy atom. The molecule has 0 fully saturated rings. The molecule has 0 aromatic heterocycles. The average Bonchev–Trinajstić information content (AvgIpc) is 2.61. The topological polar surface area (TPSA) is 89.9 Å². The van der Waals surface area contributed by atoms with Crippen molar-refractivity contribution >= 4 is 15.8 Å². The highest BCUT2D eigenvalue weighted by Crippen LogP contribution is 2.40. The van der Waals surface area contributed by atoms with Crippen molar-refractivity contribution in [3.05, 3.63) is 17.7 Å². The van der Waals surface area contributed by atoms with Gasteiger partial charge in [0, 0.05) is 6.26 Å². The number of carboxylic acid groups (broad SMARTS) is 1. The van der Waals surface area contributed by atoms with Crippen LogP contribution in [0.1, 0.15) is 10.4 Å². The number of fused-ring (bicyclic) bond motifs is 1. The van der Waals surface area contributed by atoms with Crippen molar-refractivity contribution in [3.63, 3.8) is 0 Å². The molecule has 0 saturated carbocycles. The van der Waals surface area contributed by atoms with Gasteiger partial charge >= 0.3 is 5.97 Å². The summed E-state index contributed by atoms with van der Waals surface area (Å²) in [7, 11) is -3.69. The minimum atomic E-state index is -3.69. The lowest BCUT2D eigenvalue weighted by Gasteiger charge is -2.07. The second-order valence-corrected chi connectivity index (χ2v) is 5.21. The Bertz CT molecular complexity index is 560. The van der Waals surface area contributed by atoms with Crippen molar-refractivity contribution in [1.82, 2.24) is 0 Å². The van der Waals surface area contributed by atoms with E-state index in [9.17, 15) is 13.2 Å². The maximum Gasteiger partial charge on any atom is 0.337 e. The van der Waals surface area contributed by atoms with Crippen LogP contribution in [0.25, 0.3) is 0 Å². The van der Waals surface area contributed by atoms with E-state index in [1.165, 1.54) is 12.1 Å². The predicted octanol–water partition coefficient (Wildman–Crippen LogP) is 0.517. The van der Waals surface area contributed by atoms with E-state index in [4.69, 9.17) is 14.6 Å². The molecule has 6 nitrogen and oxygen atoms in total. The SMILES string of the molecule is CS(=O)(=O)c1c(C(=O)O)ccc2c1OCO2. The number of sulfone groups is 1. The molecule has 0 spiro atoms. The molecule has 0 atom stereocenters. The maximum absolute atomic E-state index is 11.5. The second kappa shape index (κ2) is 3.38. The first-order valence-corrected chi connectivity index (χ1v) is 6.16. The summed E-state index contributed by atoms with van der Waals surface area (Å²) in [6.07, 6.45) is 0.927. The van der Waals surface area contributed by atoms with Gasteiger partial charge in [-0.3, -0.25) is 0 Å². The molecule has 2 rings (SSSR count). The largest absolute Gasteiger partial charge is 0.478 e. The Balaban J connectivity index is 2.80. The third-order valence-corrected chi connectivity index (χ3v) is 3.24. The number of benzene rings is 1. The zero-order valence-corrected chi connectivity index (χ0v) is 9.08. The molecule has 1 N–H and O–H groups in total. The molecule has 1 heterocycles. The summed E-state index contributed by atoms with van der Waals surface area (Å²) in [6.45, 7) is -0.110. The summed E-state index contributed by atoms with van der Waals surface area (Å²) >= 11 is 0. The summed E-state index contributed by atoms with van der Waals surface area (Å²) in [6, 6.07) is 2.56. The van der Waals surface area contributed by atoms with Gasteiger partial charge in [0.25, 0.3) is 0 Å². The van der Waals surface area contributed by atoms with Gasteiger partial charge in [-0.05, 0) is 12.1 Å². The summed E-state index contributed by atoms with van der Waals surface area (Å²) in [4.78, 5) is 10.6. The molecule has 0 radical (unpaired) electrons. The van der Waals surface area contributed by atoms with Gasteiger partial charge in [-0.1, -0.05) is 0 Å². The Morgan fingerprint density at radius 2 is 2.06 bits per heavy atom. The monoisotopic (exact) mass is 244 g/mol. The minimum absolute atomic E-state index is 0.0256. The van der Waals surface area contributed by atoms with E-state index in [0.29, 0.717) is 0 Å². The molecule has 0 saturated heterocycles. The number of rotatable bonds is 2. The third kappa shape index (κ3) is 1.58. The van der Waals surface area contributed by atoms with Gasteiger partial charge in [0.2, 0.25) is 6.79 Å². The van der Waals surface area contributed by atoms with Crippen LogP contribution in [-0.4, -0.2) is 32.5 Å². The fourth-order valence-electron chi connectivity index (χ4n) is 1.48.